The summed E-state index contributed by atoms with van der Waals surface area (Å²) in [6.07, 6.45) is 1.42. The van der Waals surface area contributed by atoms with Gasteiger partial charge in [0, 0.05) is 22.9 Å². The van der Waals surface area contributed by atoms with Crippen LogP contribution in [-0.4, -0.2) is 35.3 Å². The normalized spacial score (nSPS) is 11.6. The molecular weight excluding hydrogens is 466 g/mol. The Morgan fingerprint density at radius 1 is 0.946 bits per heavy atom. The number of hydrogen-bond acceptors (Lipinski definition) is 6. The van der Waals surface area contributed by atoms with Gasteiger partial charge in [-0.3, -0.25) is 9.88 Å². The molecule has 4 N–H and O–H groups in total. The van der Waals surface area contributed by atoms with E-state index in [0.29, 0.717) is 28.5 Å². The first kappa shape index (κ1) is 24.0. The first-order chi connectivity index (χ1) is 17.6. The van der Waals surface area contributed by atoms with Crippen molar-refractivity contribution < 1.29 is 4.79 Å². The lowest BCUT2D eigenvalue weighted by Crippen LogP contribution is -2.21. The van der Waals surface area contributed by atoms with Crippen LogP contribution in [0.2, 0.25) is 0 Å². The summed E-state index contributed by atoms with van der Waals surface area (Å²) < 4.78 is 3.66. The van der Waals surface area contributed by atoms with Gasteiger partial charge >= 0.3 is 6.03 Å². The number of imidazole rings is 1. The molecule has 0 atom stereocenters. The first-order valence-corrected chi connectivity index (χ1v) is 11.9. The number of fused-ring (bicyclic) bond motifs is 1. The van der Waals surface area contributed by atoms with E-state index in [4.69, 9.17) is 10.8 Å². The zero-order chi connectivity index (χ0) is 26.3. The minimum atomic E-state index is -0.369. The van der Waals surface area contributed by atoms with Crippen molar-refractivity contribution in [3.63, 3.8) is 0 Å². The predicted molar refractivity (Wildman–Crippen MR) is 145 cm³/mol. The number of carbonyl (C=O) groups is 1. The van der Waals surface area contributed by atoms with E-state index in [1.807, 2.05) is 73.0 Å². The fourth-order valence-corrected chi connectivity index (χ4v) is 4.09. The summed E-state index contributed by atoms with van der Waals surface area (Å²) in [5, 5.41) is 10.6. The third-order valence-electron chi connectivity index (χ3n) is 5.99. The molecule has 5 aromatic rings. The van der Waals surface area contributed by atoms with Crippen LogP contribution in [0.5, 0.6) is 0 Å². The van der Waals surface area contributed by atoms with Crippen molar-refractivity contribution in [3.05, 3.63) is 78.0 Å². The van der Waals surface area contributed by atoms with Crippen molar-refractivity contribution >= 4 is 34.5 Å². The molecule has 37 heavy (non-hydrogen) atoms. The summed E-state index contributed by atoms with van der Waals surface area (Å²) in [6.45, 7) is 10.2. The number of amides is 2. The van der Waals surface area contributed by atoms with E-state index in [1.165, 1.54) is 6.33 Å². The lowest BCUT2D eigenvalue weighted by atomic mass is 9.92. The first-order valence-electron chi connectivity index (χ1n) is 11.9. The Labute approximate surface area is 214 Å². The highest BCUT2D eigenvalue weighted by molar-refractivity contribution is 5.99. The number of benzene rings is 2. The van der Waals surface area contributed by atoms with E-state index < -0.39 is 0 Å². The molecule has 0 radical (unpaired) electrons. The molecule has 0 saturated carbocycles. The van der Waals surface area contributed by atoms with E-state index in [9.17, 15) is 4.79 Å². The van der Waals surface area contributed by atoms with Crippen LogP contribution < -0.4 is 16.4 Å². The van der Waals surface area contributed by atoms with Crippen molar-refractivity contribution in [2.45, 2.75) is 40.0 Å². The Morgan fingerprint density at radius 2 is 1.70 bits per heavy atom. The zero-order valence-electron chi connectivity index (χ0n) is 21.4. The molecule has 0 aliphatic carbocycles. The number of nitrogens with two attached hydrogens (primary N) is 1. The lowest BCUT2D eigenvalue weighted by molar-refractivity contribution is 0.262. The van der Waals surface area contributed by atoms with Crippen LogP contribution in [0, 0.1) is 13.8 Å². The van der Waals surface area contributed by atoms with Crippen LogP contribution in [0.15, 0.2) is 60.9 Å². The highest BCUT2D eigenvalue weighted by Crippen LogP contribution is 2.27. The highest BCUT2D eigenvalue weighted by atomic mass is 16.2. The van der Waals surface area contributed by atoms with Crippen molar-refractivity contribution in [1.29, 1.82) is 0 Å². The average molecular weight is 496 g/mol. The molecule has 0 spiro atoms. The smallest absolute Gasteiger partial charge is 0.324 e. The zero-order valence-corrected chi connectivity index (χ0v) is 21.4. The van der Waals surface area contributed by atoms with Crippen LogP contribution in [0.25, 0.3) is 22.5 Å². The standard InChI is InChI=1S/C27H29N9O/c1-16-7-6-8-20(13-16)36-22(14-21(34-36)27(3,4)5)33-26(37)32-18-9-11-19(12-10-18)35-17(2)31-23-24(28)29-15-30-25(23)35/h6-15H,1-5H3,(H2,28,29,30)(H2,32,33,37). The molecule has 0 saturated heterocycles. The largest absolute Gasteiger partial charge is 0.382 e. The maximum Gasteiger partial charge on any atom is 0.324 e. The summed E-state index contributed by atoms with van der Waals surface area (Å²) in [4.78, 5) is 25.8. The SMILES string of the molecule is Cc1cccc(-n2nc(C(C)(C)C)cc2NC(=O)Nc2ccc(-n3c(C)nc4c(N)ncnc43)cc2)c1. The molecule has 2 amide bonds. The van der Waals surface area contributed by atoms with Crippen molar-refractivity contribution in [2.75, 3.05) is 16.4 Å². The van der Waals surface area contributed by atoms with E-state index in [1.54, 1.807) is 4.68 Å². The second-order valence-corrected chi connectivity index (χ2v) is 9.97. The molecule has 5 rings (SSSR count). The number of carbonyl (C=O) groups excluding carboxylic acids is 1. The maximum atomic E-state index is 13.0. The number of urea groups is 1. The maximum absolute atomic E-state index is 13.0. The minimum absolute atomic E-state index is 0.178. The summed E-state index contributed by atoms with van der Waals surface area (Å²) >= 11 is 0. The molecule has 0 bridgehead atoms. The van der Waals surface area contributed by atoms with Gasteiger partial charge in [0.05, 0.1) is 11.4 Å². The number of aryl methyl sites for hydroxylation is 2. The second kappa shape index (κ2) is 9.05. The van der Waals surface area contributed by atoms with Gasteiger partial charge < -0.3 is 11.1 Å². The number of anilines is 3. The van der Waals surface area contributed by atoms with Crippen LogP contribution >= 0.6 is 0 Å². The molecular formula is C27H29N9O. The van der Waals surface area contributed by atoms with E-state index >= 15 is 0 Å². The van der Waals surface area contributed by atoms with Crippen LogP contribution in [0.1, 0.15) is 37.9 Å². The Bertz CT molecular complexity index is 1610. The van der Waals surface area contributed by atoms with Gasteiger partial charge in [-0.2, -0.15) is 5.10 Å². The molecule has 0 aliphatic heterocycles. The third kappa shape index (κ3) is 4.73. The lowest BCUT2D eigenvalue weighted by Gasteiger charge is -2.14. The molecule has 10 nitrogen and oxygen atoms in total. The van der Waals surface area contributed by atoms with Crippen LogP contribution in [0.3, 0.4) is 0 Å². The topological polar surface area (TPSA) is 129 Å². The summed E-state index contributed by atoms with van der Waals surface area (Å²) in [5.74, 6) is 1.66. The summed E-state index contributed by atoms with van der Waals surface area (Å²) in [7, 11) is 0. The Kier molecular flexibility index (Phi) is 5.87. The molecule has 0 aliphatic rings. The van der Waals surface area contributed by atoms with E-state index in [2.05, 4.69) is 46.4 Å². The molecule has 3 heterocycles. The minimum Gasteiger partial charge on any atom is -0.382 e. The molecule has 0 fully saturated rings. The fraction of sp³-hybridized carbons (Fsp3) is 0.222. The monoisotopic (exact) mass is 495 g/mol. The summed E-state index contributed by atoms with van der Waals surface area (Å²) in [5.41, 5.74) is 11.3. The number of hydrogen-bond donors (Lipinski definition) is 3. The van der Waals surface area contributed by atoms with Crippen LogP contribution in [0.4, 0.5) is 22.1 Å². The number of rotatable bonds is 4. The van der Waals surface area contributed by atoms with Gasteiger partial charge in [-0.05, 0) is 55.8 Å². The van der Waals surface area contributed by atoms with E-state index in [0.717, 1.165) is 28.5 Å². The van der Waals surface area contributed by atoms with Crippen LogP contribution in [-0.2, 0) is 5.41 Å². The molecule has 10 heteroatoms. The predicted octanol–water partition coefficient (Wildman–Crippen LogP) is 5.14. The van der Waals surface area contributed by atoms with Gasteiger partial charge in [-0.25, -0.2) is 24.4 Å². The van der Waals surface area contributed by atoms with Gasteiger partial charge in [0.15, 0.2) is 17.0 Å². The van der Waals surface area contributed by atoms with Gasteiger partial charge in [0.2, 0.25) is 0 Å². The summed E-state index contributed by atoms with van der Waals surface area (Å²) in [6, 6.07) is 16.9. The van der Waals surface area contributed by atoms with Crippen molar-refractivity contribution in [3.8, 4) is 11.4 Å². The van der Waals surface area contributed by atoms with Gasteiger partial charge in [-0.1, -0.05) is 32.9 Å². The molecule has 188 valence electrons. The number of aromatic nitrogens is 6. The van der Waals surface area contributed by atoms with Gasteiger partial charge in [0.1, 0.15) is 18.0 Å². The quantitative estimate of drug-likeness (QED) is 0.317. The fourth-order valence-electron chi connectivity index (χ4n) is 4.09. The van der Waals surface area contributed by atoms with Crippen molar-refractivity contribution in [2.24, 2.45) is 0 Å². The Morgan fingerprint density at radius 3 is 2.41 bits per heavy atom. The van der Waals surface area contributed by atoms with Gasteiger partial charge in [0.25, 0.3) is 0 Å². The van der Waals surface area contributed by atoms with E-state index in [-0.39, 0.29) is 11.4 Å². The third-order valence-corrected chi connectivity index (χ3v) is 5.99. The molecule has 2 aromatic carbocycles. The average Bonchev–Trinajstić information content (AvgIpc) is 3.41. The van der Waals surface area contributed by atoms with Gasteiger partial charge in [-0.15, -0.1) is 0 Å². The Hall–Kier alpha value is -4.73. The number of nitrogen functional groups attached to an aromatic ring is 1. The number of nitrogens with one attached hydrogen (secondary N) is 2. The van der Waals surface area contributed by atoms with Crippen molar-refractivity contribution in [1.82, 2.24) is 29.3 Å². The second-order valence-electron chi connectivity index (χ2n) is 9.97. The number of nitrogens with zero attached hydrogens (tertiary/aromatic N) is 6. The molecule has 3 aromatic heterocycles. The Balaban J connectivity index is 1.38. The molecule has 0 unspecified atom stereocenters. The highest BCUT2D eigenvalue weighted by Gasteiger charge is 2.22.